The first-order chi connectivity index (χ1) is 8.19. The second-order valence-electron chi connectivity index (χ2n) is 3.79. The van der Waals surface area contributed by atoms with Crippen LogP contribution >= 0.6 is 0 Å². The average molecular weight is 232 g/mol. The Morgan fingerprint density at radius 2 is 2.24 bits per heavy atom. The molecule has 2 rings (SSSR count). The van der Waals surface area contributed by atoms with Crippen LogP contribution in [0.2, 0.25) is 0 Å². The summed E-state index contributed by atoms with van der Waals surface area (Å²) in [6.45, 7) is 0.686. The van der Waals surface area contributed by atoms with E-state index in [1.807, 2.05) is 37.4 Å². The largest absolute Gasteiger partial charge is 0.481 e. The van der Waals surface area contributed by atoms with Gasteiger partial charge in [0.25, 0.3) is 0 Å². The normalized spacial score (nSPS) is 10.2. The molecule has 0 bridgehead atoms. The van der Waals surface area contributed by atoms with Crippen molar-refractivity contribution in [1.82, 2.24) is 9.78 Å². The molecule has 5 nitrogen and oxygen atoms in total. The Kier molecular flexibility index (Phi) is 3.18. The van der Waals surface area contributed by atoms with Crippen LogP contribution in [-0.2, 0) is 13.6 Å². The number of nitrogens with two attached hydrogens (primary N) is 1. The van der Waals surface area contributed by atoms with E-state index in [0.29, 0.717) is 6.54 Å². The Morgan fingerprint density at radius 1 is 1.41 bits per heavy atom. The van der Waals surface area contributed by atoms with Gasteiger partial charge in [-0.05, 0) is 17.7 Å². The van der Waals surface area contributed by atoms with E-state index in [4.69, 9.17) is 10.5 Å². The fourth-order valence-corrected chi connectivity index (χ4v) is 1.62. The van der Waals surface area contributed by atoms with Gasteiger partial charge in [0.15, 0.2) is 5.82 Å². The third kappa shape index (κ3) is 2.69. The molecule has 3 N–H and O–H groups in total. The van der Waals surface area contributed by atoms with Gasteiger partial charge in [0, 0.05) is 25.3 Å². The zero-order valence-corrected chi connectivity index (χ0v) is 9.97. The van der Waals surface area contributed by atoms with Gasteiger partial charge in [0.2, 0.25) is 5.88 Å². The molecule has 1 heterocycles. The zero-order valence-electron chi connectivity index (χ0n) is 9.97. The van der Waals surface area contributed by atoms with Gasteiger partial charge in [-0.3, -0.25) is 0 Å². The van der Waals surface area contributed by atoms with Gasteiger partial charge in [-0.15, -0.1) is 0 Å². The number of nitrogen functional groups attached to an aromatic ring is 1. The number of ether oxygens (including phenoxy) is 1. The van der Waals surface area contributed by atoms with Crippen LogP contribution < -0.4 is 15.8 Å². The fraction of sp³-hybridized carbons (Fsp3) is 0.250. The van der Waals surface area contributed by atoms with Crippen molar-refractivity contribution in [2.24, 2.45) is 7.05 Å². The fourth-order valence-electron chi connectivity index (χ4n) is 1.62. The number of hydrogen-bond acceptors (Lipinski definition) is 4. The van der Waals surface area contributed by atoms with E-state index in [9.17, 15) is 0 Å². The van der Waals surface area contributed by atoms with Crippen LogP contribution in [0.15, 0.2) is 30.3 Å². The number of nitrogens with zero attached hydrogens (tertiary/aromatic N) is 2. The van der Waals surface area contributed by atoms with Crippen molar-refractivity contribution < 1.29 is 4.74 Å². The lowest BCUT2D eigenvalue weighted by Gasteiger charge is -2.03. The number of aryl methyl sites for hydroxylation is 1. The zero-order chi connectivity index (χ0) is 12.3. The Bertz CT molecular complexity index is 507. The van der Waals surface area contributed by atoms with E-state index in [1.54, 1.807) is 11.8 Å². The Labute approximate surface area is 100 Å². The van der Waals surface area contributed by atoms with Crippen LogP contribution in [0, 0.1) is 0 Å². The lowest BCUT2D eigenvalue weighted by molar-refractivity contribution is 0.373. The number of rotatable bonds is 4. The van der Waals surface area contributed by atoms with Crippen molar-refractivity contribution in [2.75, 3.05) is 18.2 Å². The van der Waals surface area contributed by atoms with Crippen molar-refractivity contribution >= 4 is 11.5 Å². The third-order valence-electron chi connectivity index (χ3n) is 2.47. The number of nitrogens with one attached hydrogen (secondary N) is 1. The summed E-state index contributed by atoms with van der Waals surface area (Å²) in [6.07, 6.45) is 0. The van der Waals surface area contributed by atoms with Crippen molar-refractivity contribution in [3.63, 3.8) is 0 Å². The number of aromatic nitrogens is 2. The first-order valence-corrected chi connectivity index (χ1v) is 5.35. The van der Waals surface area contributed by atoms with Crippen LogP contribution in [0.1, 0.15) is 5.56 Å². The molecule has 0 fully saturated rings. The molecular weight excluding hydrogens is 216 g/mol. The molecule has 0 saturated carbocycles. The molecule has 1 aromatic carbocycles. The summed E-state index contributed by atoms with van der Waals surface area (Å²) in [7, 11) is 3.46. The molecule has 0 unspecified atom stereocenters. The molecule has 5 heteroatoms. The molecule has 90 valence electrons. The van der Waals surface area contributed by atoms with E-state index in [1.165, 1.54) is 0 Å². The minimum atomic E-state index is 0.686. The Morgan fingerprint density at radius 3 is 2.88 bits per heavy atom. The third-order valence-corrected chi connectivity index (χ3v) is 2.47. The Balaban J connectivity index is 2.02. The van der Waals surface area contributed by atoms with Gasteiger partial charge in [-0.2, -0.15) is 5.10 Å². The summed E-state index contributed by atoms with van der Waals surface area (Å²) in [4.78, 5) is 0. The van der Waals surface area contributed by atoms with Crippen molar-refractivity contribution in [3.05, 3.63) is 35.9 Å². The van der Waals surface area contributed by atoms with Gasteiger partial charge < -0.3 is 15.8 Å². The van der Waals surface area contributed by atoms with Gasteiger partial charge in [0.1, 0.15) is 0 Å². The molecular formula is C12H16N4O. The topological polar surface area (TPSA) is 65.1 Å². The molecule has 1 aromatic heterocycles. The standard InChI is InChI=1S/C12H16N4O/c1-16-12(17-2)7-11(15-16)14-8-9-4-3-5-10(13)6-9/h3-7H,8,13H2,1-2H3,(H,14,15). The highest BCUT2D eigenvalue weighted by molar-refractivity contribution is 5.43. The predicted octanol–water partition coefficient (Wildman–Crippen LogP) is 1.62. The maximum atomic E-state index is 5.71. The number of hydrogen-bond donors (Lipinski definition) is 2. The highest BCUT2D eigenvalue weighted by atomic mass is 16.5. The van der Waals surface area contributed by atoms with Crippen molar-refractivity contribution in [3.8, 4) is 5.88 Å². The monoisotopic (exact) mass is 232 g/mol. The molecule has 17 heavy (non-hydrogen) atoms. The SMILES string of the molecule is COc1cc(NCc2cccc(N)c2)nn1C. The smallest absolute Gasteiger partial charge is 0.213 e. The molecule has 0 atom stereocenters. The second kappa shape index (κ2) is 4.78. The molecule has 0 aliphatic rings. The van der Waals surface area contributed by atoms with Gasteiger partial charge in [0.05, 0.1) is 7.11 Å². The lowest BCUT2D eigenvalue weighted by atomic mass is 10.2. The van der Waals surface area contributed by atoms with Crippen molar-refractivity contribution in [1.29, 1.82) is 0 Å². The van der Waals surface area contributed by atoms with Crippen LogP contribution in [0.3, 0.4) is 0 Å². The molecule has 0 saturated heterocycles. The summed E-state index contributed by atoms with van der Waals surface area (Å²) in [6, 6.07) is 9.61. The van der Waals surface area contributed by atoms with Crippen LogP contribution in [0.5, 0.6) is 5.88 Å². The highest BCUT2D eigenvalue weighted by Crippen LogP contribution is 2.16. The molecule has 0 radical (unpaired) electrons. The lowest BCUT2D eigenvalue weighted by Crippen LogP contribution is -2.01. The summed E-state index contributed by atoms with van der Waals surface area (Å²) in [5.74, 6) is 1.51. The van der Waals surface area contributed by atoms with Crippen molar-refractivity contribution in [2.45, 2.75) is 6.54 Å². The number of anilines is 2. The minimum Gasteiger partial charge on any atom is -0.481 e. The molecule has 2 aromatic rings. The maximum absolute atomic E-state index is 5.71. The minimum absolute atomic E-state index is 0.686. The van der Waals surface area contributed by atoms with Gasteiger partial charge in [-0.1, -0.05) is 12.1 Å². The van der Waals surface area contributed by atoms with Crippen LogP contribution in [-0.4, -0.2) is 16.9 Å². The van der Waals surface area contributed by atoms with Crippen LogP contribution in [0.4, 0.5) is 11.5 Å². The van der Waals surface area contributed by atoms with E-state index in [2.05, 4.69) is 10.4 Å². The molecule has 0 aliphatic carbocycles. The van der Waals surface area contributed by atoms with Gasteiger partial charge in [-0.25, -0.2) is 4.68 Å². The second-order valence-corrected chi connectivity index (χ2v) is 3.79. The Hall–Kier alpha value is -2.17. The average Bonchev–Trinajstić information content (AvgIpc) is 2.67. The summed E-state index contributed by atoms with van der Waals surface area (Å²) < 4.78 is 6.82. The molecule has 0 aliphatic heterocycles. The summed E-state index contributed by atoms with van der Waals surface area (Å²) in [5.41, 5.74) is 7.60. The molecule has 0 spiro atoms. The number of benzene rings is 1. The predicted molar refractivity (Wildman–Crippen MR) is 67.9 cm³/mol. The first kappa shape index (κ1) is 11.3. The van der Waals surface area contributed by atoms with E-state index in [0.717, 1.165) is 22.9 Å². The summed E-state index contributed by atoms with van der Waals surface area (Å²) in [5, 5.41) is 7.48. The number of methoxy groups -OCH3 is 1. The first-order valence-electron chi connectivity index (χ1n) is 5.35. The van der Waals surface area contributed by atoms with E-state index < -0.39 is 0 Å². The molecule has 0 amide bonds. The van der Waals surface area contributed by atoms with E-state index in [-0.39, 0.29) is 0 Å². The van der Waals surface area contributed by atoms with E-state index >= 15 is 0 Å². The quantitative estimate of drug-likeness (QED) is 0.786. The summed E-state index contributed by atoms with van der Waals surface area (Å²) >= 11 is 0. The highest BCUT2D eigenvalue weighted by Gasteiger charge is 2.04. The maximum Gasteiger partial charge on any atom is 0.213 e. The van der Waals surface area contributed by atoms with Gasteiger partial charge >= 0.3 is 0 Å². The van der Waals surface area contributed by atoms with Crippen LogP contribution in [0.25, 0.3) is 0 Å².